The van der Waals surface area contributed by atoms with Gasteiger partial charge in [0.15, 0.2) is 0 Å². The van der Waals surface area contributed by atoms with Gasteiger partial charge < -0.3 is 0 Å². The topological polar surface area (TPSA) is 32.3 Å². The second kappa shape index (κ2) is 5.53. The summed E-state index contributed by atoms with van der Waals surface area (Å²) in [5.41, 5.74) is 3.95. The Balaban J connectivity index is 1.97. The Morgan fingerprint density at radius 1 is 1.35 bits per heavy atom. The van der Waals surface area contributed by atoms with Crippen molar-refractivity contribution in [1.82, 2.24) is 5.43 Å². The first kappa shape index (κ1) is 11.7. The summed E-state index contributed by atoms with van der Waals surface area (Å²) < 4.78 is 0. The first-order valence-electron chi connectivity index (χ1n) is 6.09. The van der Waals surface area contributed by atoms with Crippen LogP contribution in [0.15, 0.2) is 42.5 Å². The lowest BCUT2D eigenvalue weighted by molar-refractivity contribution is -0.122. The number of nitrogens with zero attached hydrogens (tertiary/aromatic N) is 1. The number of carbonyl (C=O) groups excluding carboxylic acids is 1. The highest BCUT2D eigenvalue weighted by atomic mass is 16.2. The monoisotopic (exact) mass is 230 g/mol. The molecule has 0 bridgehead atoms. The van der Waals surface area contributed by atoms with E-state index in [1.165, 1.54) is 0 Å². The van der Waals surface area contributed by atoms with E-state index in [2.05, 4.69) is 24.5 Å². The minimum Gasteiger partial charge on any atom is -0.285 e. The summed E-state index contributed by atoms with van der Waals surface area (Å²) in [7, 11) is 0. The molecule has 0 saturated carbocycles. The molecule has 0 spiro atoms. The van der Waals surface area contributed by atoms with Gasteiger partial charge in [0.05, 0.1) is 18.2 Å². The average Bonchev–Trinajstić information content (AvgIpc) is 2.73. The maximum atomic E-state index is 11.8. The molecule has 0 radical (unpaired) electrons. The van der Waals surface area contributed by atoms with Gasteiger partial charge in [0.25, 0.3) is 0 Å². The first-order chi connectivity index (χ1) is 8.31. The van der Waals surface area contributed by atoms with Gasteiger partial charge >= 0.3 is 0 Å². The second-order valence-corrected chi connectivity index (χ2v) is 4.23. The van der Waals surface area contributed by atoms with E-state index in [4.69, 9.17) is 0 Å². The molecule has 17 heavy (non-hydrogen) atoms. The number of allylic oxidation sites excluding steroid dienone is 2. The highest BCUT2D eigenvalue weighted by Crippen LogP contribution is 2.20. The number of para-hydroxylation sites is 1. The van der Waals surface area contributed by atoms with Crippen LogP contribution in [0.5, 0.6) is 0 Å². The lowest BCUT2D eigenvalue weighted by atomic mass is 10.1. The van der Waals surface area contributed by atoms with Crippen LogP contribution in [-0.2, 0) is 4.79 Å². The van der Waals surface area contributed by atoms with Crippen molar-refractivity contribution in [3.63, 3.8) is 0 Å². The summed E-state index contributed by atoms with van der Waals surface area (Å²) in [6.07, 6.45) is 6.05. The minimum absolute atomic E-state index is 0.0676. The van der Waals surface area contributed by atoms with Crippen LogP contribution in [0.4, 0.5) is 5.69 Å². The van der Waals surface area contributed by atoms with Gasteiger partial charge in [-0.25, -0.2) is 0 Å². The molecular weight excluding hydrogens is 212 g/mol. The third-order valence-corrected chi connectivity index (χ3v) is 2.91. The van der Waals surface area contributed by atoms with Gasteiger partial charge in [0.2, 0.25) is 5.91 Å². The van der Waals surface area contributed by atoms with Gasteiger partial charge in [-0.2, -0.15) is 0 Å². The van der Waals surface area contributed by atoms with Crippen LogP contribution in [0.2, 0.25) is 0 Å². The van der Waals surface area contributed by atoms with E-state index in [9.17, 15) is 4.79 Å². The number of hydrazine groups is 1. The summed E-state index contributed by atoms with van der Waals surface area (Å²) in [5, 5.41) is 1.92. The molecule has 1 atom stereocenters. The lowest BCUT2D eigenvalue weighted by Crippen LogP contribution is -2.32. The Kier molecular flexibility index (Phi) is 3.81. The smallest absolute Gasteiger partial charge is 0.243 e. The van der Waals surface area contributed by atoms with Crippen molar-refractivity contribution < 1.29 is 4.79 Å². The summed E-state index contributed by atoms with van der Waals surface area (Å²) in [6.45, 7) is 2.85. The molecule has 1 aromatic carbocycles. The van der Waals surface area contributed by atoms with Gasteiger partial charge in [-0.1, -0.05) is 37.3 Å². The summed E-state index contributed by atoms with van der Waals surface area (Å²) in [5.74, 6) is 0.188. The molecule has 1 heterocycles. The summed E-state index contributed by atoms with van der Waals surface area (Å²) in [4.78, 5) is 11.8. The fraction of sp³-hybridized carbons (Fsp3) is 0.357. The second-order valence-electron chi connectivity index (χ2n) is 4.23. The Labute approximate surface area is 102 Å². The molecule has 1 fully saturated rings. The molecule has 1 N–H and O–H groups in total. The summed E-state index contributed by atoms with van der Waals surface area (Å²) in [6, 6.07) is 9.94. The molecule has 1 aliphatic heterocycles. The normalized spacial score (nSPS) is 19.9. The zero-order chi connectivity index (χ0) is 12.1. The van der Waals surface area contributed by atoms with Crippen LogP contribution in [0.3, 0.4) is 0 Å². The number of benzene rings is 1. The largest absolute Gasteiger partial charge is 0.285 e. The standard InChI is InChI=1S/C14H18N2O/c1-2-3-5-8-12-11-16(15-14(12)17)13-9-6-4-7-10-13/h3-7,9-10,12H,2,8,11H2,1H3,(H,15,17)/b5-3+. The maximum Gasteiger partial charge on any atom is 0.243 e. The molecular formula is C14H18N2O. The fourth-order valence-corrected chi connectivity index (χ4v) is 1.96. The zero-order valence-electron chi connectivity index (χ0n) is 10.1. The molecule has 90 valence electrons. The predicted octanol–water partition coefficient (Wildman–Crippen LogP) is 2.51. The van der Waals surface area contributed by atoms with Gasteiger partial charge in [-0.3, -0.25) is 15.2 Å². The SMILES string of the molecule is CC/C=C/CC1CN(c2ccccc2)NC1=O. The van der Waals surface area contributed by atoms with Gasteiger partial charge in [0.1, 0.15) is 0 Å². The molecule has 0 aromatic heterocycles. The number of carbonyl (C=O) groups is 1. The number of hydrogen-bond donors (Lipinski definition) is 1. The van der Waals surface area contributed by atoms with E-state index >= 15 is 0 Å². The van der Waals surface area contributed by atoms with E-state index in [0.29, 0.717) is 0 Å². The number of amides is 1. The molecule has 3 nitrogen and oxygen atoms in total. The lowest BCUT2D eigenvalue weighted by Gasteiger charge is -2.16. The fourth-order valence-electron chi connectivity index (χ4n) is 1.96. The highest BCUT2D eigenvalue weighted by Gasteiger charge is 2.29. The van der Waals surface area contributed by atoms with Crippen molar-refractivity contribution in [3.8, 4) is 0 Å². The van der Waals surface area contributed by atoms with E-state index < -0.39 is 0 Å². The predicted molar refractivity (Wildman–Crippen MR) is 69.5 cm³/mol. The van der Waals surface area contributed by atoms with Crippen molar-refractivity contribution in [2.45, 2.75) is 19.8 Å². The molecule has 2 rings (SSSR count). The molecule has 3 heteroatoms. The van der Waals surface area contributed by atoms with E-state index in [-0.39, 0.29) is 11.8 Å². The van der Waals surface area contributed by atoms with Crippen LogP contribution in [-0.4, -0.2) is 12.5 Å². The van der Waals surface area contributed by atoms with Gasteiger partial charge in [0, 0.05) is 0 Å². The van der Waals surface area contributed by atoms with Crippen molar-refractivity contribution in [2.75, 3.05) is 11.6 Å². The zero-order valence-corrected chi connectivity index (χ0v) is 10.1. The van der Waals surface area contributed by atoms with E-state index in [1.807, 2.05) is 35.3 Å². The van der Waals surface area contributed by atoms with E-state index in [0.717, 1.165) is 25.1 Å². The average molecular weight is 230 g/mol. The quantitative estimate of drug-likeness (QED) is 0.806. The van der Waals surface area contributed by atoms with Gasteiger partial charge in [-0.15, -0.1) is 0 Å². The van der Waals surface area contributed by atoms with Gasteiger partial charge in [-0.05, 0) is 25.0 Å². The summed E-state index contributed by atoms with van der Waals surface area (Å²) >= 11 is 0. The third-order valence-electron chi connectivity index (χ3n) is 2.91. The molecule has 1 aromatic rings. The Hall–Kier alpha value is -1.77. The Morgan fingerprint density at radius 3 is 2.82 bits per heavy atom. The molecule has 1 saturated heterocycles. The number of rotatable bonds is 4. The third kappa shape index (κ3) is 2.87. The van der Waals surface area contributed by atoms with E-state index in [1.54, 1.807) is 0 Å². The van der Waals surface area contributed by atoms with Crippen molar-refractivity contribution >= 4 is 11.6 Å². The molecule has 1 amide bonds. The first-order valence-corrected chi connectivity index (χ1v) is 6.09. The molecule has 1 unspecified atom stereocenters. The minimum atomic E-state index is 0.0676. The number of anilines is 1. The van der Waals surface area contributed by atoms with Crippen LogP contribution in [0.25, 0.3) is 0 Å². The van der Waals surface area contributed by atoms with Crippen molar-refractivity contribution in [2.24, 2.45) is 5.92 Å². The maximum absolute atomic E-state index is 11.8. The van der Waals surface area contributed by atoms with Crippen molar-refractivity contribution in [3.05, 3.63) is 42.5 Å². The van der Waals surface area contributed by atoms with Crippen LogP contribution < -0.4 is 10.4 Å². The van der Waals surface area contributed by atoms with Crippen molar-refractivity contribution in [1.29, 1.82) is 0 Å². The van der Waals surface area contributed by atoms with Crippen LogP contribution >= 0.6 is 0 Å². The number of hydrogen-bond acceptors (Lipinski definition) is 2. The van der Waals surface area contributed by atoms with Crippen LogP contribution in [0, 0.1) is 5.92 Å². The van der Waals surface area contributed by atoms with Crippen LogP contribution in [0.1, 0.15) is 19.8 Å². The number of nitrogens with one attached hydrogen (secondary N) is 1. The highest BCUT2D eigenvalue weighted by molar-refractivity contribution is 5.84. The molecule has 1 aliphatic rings. The Morgan fingerprint density at radius 2 is 2.12 bits per heavy atom. The Bertz CT molecular complexity index is 400. The molecule has 0 aliphatic carbocycles.